The van der Waals surface area contributed by atoms with Crippen LogP contribution in [0.25, 0.3) is 0 Å². The van der Waals surface area contributed by atoms with Crippen LogP contribution < -0.4 is 4.90 Å². The third-order valence-electron chi connectivity index (χ3n) is 3.83. The van der Waals surface area contributed by atoms with Crippen LogP contribution in [0, 0.1) is 5.41 Å². The summed E-state index contributed by atoms with van der Waals surface area (Å²) in [6.07, 6.45) is 7.40. The number of hydrogen-bond acceptors (Lipinski definition) is 3. The lowest BCUT2D eigenvalue weighted by Gasteiger charge is -2.26. The minimum atomic E-state index is 0.483. The van der Waals surface area contributed by atoms with Crippen molar-refractivity contribution in [3.8, 4) is 0 Å². The molecular formula is C12H18BrN3. The molecule has 1 saturated heterocycles. The van der Waals surface area contributed by atoms with Gasteiger partial charge < -0.3 is 4.90 Å². The van der Waals surface area contributed by atoms with Crippen molar-refractivity contribution in [2.45, 2.75) is 33.1 Å². The minimum Gasteiger partial charge on any atom is -0.340 e. The Bertz CT molecular complexity index is 346. The van der Waals surface area contributed by atoms with Crippen LogP contribution >= 0.6 is 15.9 Å². The number of halogens is 1. The maximum atomic E-state index is 4.36. The predicted octanol–water partition coefficient (Wildman–Crippen LogP) is 3.26. The fraction of sp³-hybridized carbons (Fsp3) is 0.667. The molecule has 1 aromatic heterocycles. The molecule has 1 fully saturated rings. The Hall–Kier alpha value is -0.640. The maximum Gasteiger partial charge on any atom is 0.225 e. The first-order valence-corrected chi connectivity index (χ1v) is 6.71. The number of hydrogen-bond donors (Lipinski definition) is 0. The molecule has 0 amide bonds. The average molecular weight is 284 g/mol. The predicted molar refractivity (Wildman–Crippen MR) is 69.6 cm³/mol. The fourth-order valence-corrected chi connectivity index (χ4v) is 2.61. The van der Waals surface area contributed by atoms with Gasteiger partial charge in [-0.3, -0.25) is 0 Å². The van der Waals surface area contributed by atoms with Crippen molar-refractivity contribution in [2.75, 3.05) is 18.0 Å². The Morgan fingerprint density at radius 3 is 2.44 bits per heavy atom. The van der Waals surface area contributed by atoms with E-state index in [-0.39, 0.29) is 0 Å². The number of rotatable bonds is 3. The first kappa shape index (κ1) is 11.8. The van der Waals surface area contributed by atoms with Crippen molar-refractivity contribution in [1.82, 2.24) is 9.97 Å². The Labute approximate surface area is 105 Å². The highest BCUT2D eigenvalue weighted by Gasteiger charge is 2.35. The molecule has 0 aromatic carbocycles. The third kappa shape index (κ3) is 2.21. The normalized spacial score (nSPS) is 19.1. The molecule has 2 rings (SSSR count). The van der Waals surface area contributed by atoms with Gasteiger partial charge in [-0.25, -0.2) is 9.97 Å². The van der Waals surface area contributed by atoms with Gasteiger partial charge >= 0.3 is 0 Å². The van der Waals surface area contributed by atoms with E-state index < -0.39 is 0 Å². The molecule has 0 bridgehead atoms. The van der Waals surface area contributed by atoms with Gasteiger partial charge in [0.1, 0.15) is 0 Å². The van der Waals surface area contributed by atoms with Crippen molar-refractivity contribution in [2.24, 2.45) is 5.41 Å². The van der Waals surface area contributed by atoms with E-state index in [1.54, 1.807) is 0 Å². The van der Waals surface area contributed by atoms with E-state index in [1.165, 1.54) is 19.3 Å². The summed E-state index contributed by atoms with van der Waals surface area (Å²) in [7, 11) is 0. The van der Waals surface area contributed by atoms with Gasteiger partial charge in [0.25, 0.3) is 0 Å². The summed E-state index contributed by atoms with van der Waals surface area (Å²) in [6, 6.07) is 0. The molecule has 0 atom stereocenters. The molecule has 0 N–H and O–H groups in total. The number of aromatic nitrogens is 2. The van der Waals surface area contributed by atoms with E-state index in [2.05, 4.69) is 44.6 Å². The molecule has 1 aromatic rings. The van der Waals surface area contributed by atoms with Crippen molar-refractivity contribution >= 4 is 21.9 Å². The summed E-state index contributed by atoms with van der Waals surface area (Å²) < 4.78 is 0.938. The smallest absolute Gasteiger partial charge is 0.225 e. The second-order valence-corrected chi connectivity index (χ2v) is 5.50. The zero-order chi connectivity index (χ0) is 11.6. The maximum absolute atomic E-state index is 4.36. The molecule has 2 heterocycles. The van der Waals surface area contributed by atoms with Crippen LogP contribution in [-0.2, 0) is 0 Å². The molecule has 1 aliphatic heterocycles. The molecule has 88 valence electrons. The van der Waals surface area contributed by atoms with E-state index in [0.717, 1.165) is 23.5 Å². The van der Waals surface area contributed by atoms with Crippen LogP contribution in [0.2, 0.25) is 0 Å². The molecule has 0 saturated carbocycles. The van der Waals surface area contributed by atoms with Gasteiger partial charge in [-0.2, -0.15) is 0 Å². The Balaban J connectivity index is 2.11. The first-order chi connectivity index (χ1) is 7.69. The van der Waals surface area contributed by atoms with Gasteiger partial charge in [0, 0.05) is 25.5 Å². The number of anilines is 1. The van der Waals surface area contributed by atoms with Crippen LogP contribution in [0.3, 0.4) is 0 Å². The quantitative estimate of drug-likeness (QED) is 0.853. The SMILES string of the molecule is CCC1(CC)CCN(c2ncc(Br)cn2)C1. The largest absolute Gasteiger partial charge is 0.340 e. The van der Waals surface area contributed by atoms with E-state index >= 15 is 0 Å². The molecule has 0 radical (unpaired) electrons. The standard InChI is InChI=1S/C12H18BrN3/c1-3-12(4-2)5-6-16(9-12)11-14-7-10(13)8-15-11/h7-8H,3-6,9H2,1-2H3. The highest BCUT2D eigenvalue weighted by molar-refractivity contribution is 9.10. The molecule has 0 spiro atoms. The second kappa shape index (κ2) is 4.70. The molecule has 0 aliphatic carbocycles. The van der Waals surface area contributed by atoms with Crippen LogP contribution in [-0.4, -0.2) is 23.1 Å². The van der Waals surface area contributed by atoms with Gasteiger partial charge in [-0.05, 0) is 40.6 Å². The van der Waals surface area contributed by atoms with Gasteiger partial charge in [-0.15, -0.1) is 0 Å². The van der Waals surface area contributed by atoms with Crippen LogP contribution in [0.5, 0.6) is 0 Å². The summed E-state index contributed by atoms with van der Waals surface area (Å²) in [6.45, 7) is 6.76. The van der Waals surface area contributed by atoms with Crippen LogP contribution in [0.4, 0.5) is 5.95 Å². The van der Waals surface area contributed by atoms with Crippen LogP contribution in [0.15, 0.2) is 16.9 Å². The summed E-state index contributed by atoms with van der Waals surface area (Å²) in [5.41, 5.74) is 0.483. The van der Waals surface area contributed by atoms with Gasteiger partial charge in [-0.1, -0.05) is 13.8 Å². The monoisotopic (exact) mass is 283 g/mol. The summed E-state index contributed by atoms with van der Waals surface area (Å²) in [5.74, 6) is 0.868. The summed E-state index contributed by atoms with van der Waals surface area (Å²) >= 11 is 3.36. The molecule has 3 nitrogen and oxygen atoms in total. The molecule has 1 aliphatic rings. The Kier molecular flexibility index (Phi) is 3.47. The summed E-state index contributed by atoms with van der Waals surface area (Å²) in [4.78, 5) is 11.0. The zero-order valence-electron chi connectivity index (χ0n) is 9.91. The zero-order valence-corrected chi connectivity index (χ0v) is 11.5. The van der Waals surface area contributed by atoms with Gasteiger partial charge in [0.2, 0.25) is 5.95 Å². The second-order valence-electron chi connectivity index (χ2n) is 4.58. The van der Waals surface area contributed by atoms with Crippen molar-refractivity contribution in [3.05, 3.63) is 16.9 Å². The van der Waals surface area contributed by atoms with Crippen molar-refractivity contribution < 1.29 is 0 Å². The third-order valence-corrected chi connectivity index (χ3v) is 4.24. The van der Waals surface area contributed by atoms with E-state index in [0.29, 0.717) is 5.41 Å². The lowest BCUT2D eigenvalue weighted by molar-refractivity contribution is 0.301. The van der Waals surface area contributed by atoms with E-state index in [1.807, 2.05) is 12.4 Å². The lowest BCUT2D eigenvalue weighted by atomic mass is 9.82. The minimum absolute atomic E-state index is 0.483. The Morgan fingerprint density at radius 2 is 1.94 bits per heavy atom. The topological polar surface area (TPSA) is 29.0 Å². The van der Waals surface area contributed by atoms with Crippen LogP contribution in [0.1, 0.15) is 33.1 Å². The Morgan fingerprint density at radius 1 is 1.31 bits per heavy atom. The van der Waals surface area contributed by atoms with Gasteiger partial charge in [0.15, 0.2) is 0 Å². The average Bonchev–Trinajstić information content (AvgIpc) is 2.75. The van der Waals surface area contributed by atoms with E-state index in [4.69, 9.17) is 0 Å². The highest BCUT2D eigenvalue weighted by atomic mass is 79.9. The van der Waals surface area contributed by atoms with Crippen molar-refractivity contribution in [1.29, 1.82) is 0 Å². The number of nitrogens with zero attached hydrogens (tertiary/aromatic N) is 3. The summed E-state index contributed by atoms with van der Waals surface area (Å²) in [5, 5.41) is 0. The molecular weight excluding hydrogens is 266 g/mol. The first-order valence-electron chi connectivity index (χ1n) is 5.91. The lowest BCUT2D eigenvalue weighted by Crippen LogP contribution is -2.27. The van der Waals surface area contributed by atoms with E-state index in [9.17, 15) is 0 Å². The molecule has 0 unspecified atom stereocenters. The molecule has 4 heteroatoms. The highest BCUT2D eigenvalue weighted by Crippen LogP contribution is 2.37. The molecule has 16 heavy (non-hydrogen) atoms. The fourth-order valence-electron chi connectivity index (χ4n) is 2.40. The van der Waals surface area contributed by atoms with Gasteiger partial charge in [0.05, 0.1) is 4.47 Å². The van der Waals surface area contributed by atoms with Crippen molar-refractivity contribution in [3.63, 3.8) is 0 Å².